The van der Waals surface area contributed by atoms with E-state index >= 15 is 0 Å². The summed E-state index contributed by atoms with van der Waals surface area (Å²) in [5, 5.41) is 3.13. The summed E-state index contributed by atoms with van der Waals surface area (Å²) in [5.41, 5.74) is 8.27. The van der Waals surface area contributed by atoms with Crippen LogP contribution >= 0.6 is 12.2 Å². The van der Waals surface area contributed by atoms with Gasteiger partial charge in [0.1, 0.15) is 0 Å². The zero-order chi connectivity index (χ0) is 14.5. The van der Waals surface area contributed by atoms with E-state index in [9.17, 15) is 4.79 Å². The molecule has 0 fully saturated rings. The van der Waals surface area contributed by atoms with Crippen LogP contribution in [0.5, 0.6) is 0 Å². The summed E-state index contributed by atoms with van der Waals surface area (Å²) in [5.74, 6) is -0.370. The van der Waals surface area contributed by atoms with Crippen molar-refractivity contribution in [1.82, 2.24) is 5.32 Å². The number of hydrogen-bond donors (Lipinski definition) is 2. The topological polar surface area (TPSA) is 55.1 Å². The highest BCUT2D eigenvalue weighted by Gasteiger charge is 2.26. The maximum absolute atomic E-state index is 12.4. The zero-order valence-corrected chi connectivity index (χ0v) is 12.7. The molecule has 4 heteroatoms. The van der Waals surface area contributed by atoms with Crippen molar-refractivity contribution in [1.29, 1.82) is 0 Å². The van der Waals surface area contributed by atoms with Gasteiger partial charge in [-0.2, -0.15) is 0 Å². The molecule has 1 aromatic rings. The number of nitrogens with one attached hydrogen (secondary N) is 1. The third-order valence-corrected chi connectivity index (χ3v) is 4.21. The lowest BCUT2D eigenvalue weighted by Crippen LogP contribution is -2.40. The summed E-state index contributed by atoms with van der Waals surface area (Å²) in [6.07, 6.45) is 4.80. The minimum absolute atomic E-state index is 0.0268. The highest BCUT2D eigenvalue weighted by Crippen LogP contribution is 2.29. The Labute approximate surface area is 125 Å². The molecule has 0 saturated heterocycles. The first kappa shape index (κ1) is 15.0. The van der Waals surface area contributed by atoms with Gasteiger partial charge in [-0.1, -0.05) is 49.8 Å². The maximum Gasteiger partial charge on any atom is 0.230 e. The fourth-order valence-corrected chi connectivity index (χ4v) is 3.09. The van der Waals surface area contributed by atoms with E-state index in [1.165, 1.54) is 11.1 Å². The fraction of sp³-hybridized carbons (Fsp3) is 0.500. The third kappa shape index (κ3) is 3.37. The molecule has 0 radical (unpaired) electrons. The fourth-order valence-electron chi connectivity index (χ4n) is 2.87. The van der Waals surface area contributed by atoms with Crippen LogP contribution in [0.25, 0.3) is 0 Å². The van der Waals surface area contributed by atoms with Gasteiger partial charge in [-0.25, -0.2) is 0 Å². The monoisotopic (exact) mass is 290 g/mol. The number of thiocarbonyl (C=S) groups is 1. The molecule has 0 bridgehead atoms. The predicted molar refractivity (Wildman–Crippen MR) is 85.4 cm³/mol. The van der Waals surface area contributed by atoms with Gasteiger partial charge < -0.3 is 11.1 Å². The normalized spacial score (nSPS) is 18.9. The van der Waals surface area contributed by atoms with Crippen molar-refractivity contribution in [2.75, 3.05) is 0 Å². The molecule has 1 aliphatic carbocycles. The number of carbonyl (C=O) groups excluding carboxylic acids is 1. The van der Waals surface area contributed by atoms with E-state index in [4.69, 9.17) is 18.0 Å². The van der Waals surface area contributed by atoms with Crippen molar-refractivity contribution in [2.24, 2.45) is 11.7 Å². The molecule has 1 aromatic carbocycles. The van der Waals surface area contributed by atoms with E-state index in [0.29, 0.717) is 4.99 Å². The van der Waals surface area contributed by atoms with Crippen molar-refractivity contribution in [3.05, 3.63) is 35.4 Å². The highest BCUT2D eigenvalue weighted by molar-refractivity contribution is 7.80. The minimum atomic E-state index is -0.343. The number of benzene rings is 1. The minimum Gasteiger partial charge on any atom is -0.393 e. The van der Waals surface area contributed by atoms with Crippen LogP contribution in [0.2, 0.25) is 0 Å². The van der Waals surface area contributed by atoms with E-state index in [2.05, 4.69) is 23.5 Å². The Hall–Kier alpha value is -1.42. The van der Waals surface area contributed by atoms with Crippen molar-refractivity contribution in [3.8, 4) is 0 Å². The van der Waals surface area contributed by atoms with Gasteiger partial charge in [0.05, 0.1) is 16.9 Å². The Morgan fingerprint density at radius 2 is 2.25 bits per heavy atom. The Morgan fingerprint density at radius 1 is 1.50 bits per heavy atom. The predicted octanol–water partition coefficient (Wildman–Crippen LogP) is 2.88. The van der Waals surface area contributed by atoms with Gasteiger partial charge in [-0.05, 0) is 36.8 Å². The molecule has 0 aromatic heterocycles. The lowest BCUT2D eigenvalue weighted by molar-refractivity contribution is -0.124. The second-order valence-electron chi connectivity index (χ2n) is 5.40. The van der Waals surface area contributed by atoms with Gasteiger partial charge in [0.15, 0.2) is 0 Å². The van der Waals surface area contributed by atoms with Crippen molar-refractivity contribution >= 4 is 23.1 Å². The lowest BCUT2D eigenvalue weighted by atomic mass is 9.87. The molecule has 3 N–H and O–H groups in total. The van der Waals surface area contributed by atoms with Gasteiger partial charge in [0, 0.05) is 0 Å². The van der Waals surface area contributed by atoms with Gasteiger partial charge >= 0.3 is 0 Å². The number of amides is 1. The first-order valence-corrected chi connectivity index (χ1v) is 7.71. The smallest absolute Gasteiger partial charge is 0.230 e. The highest BCUT2D eigenvalue weighted by atomic mass is 32.1. The number of hydrogen-bond acceptors (Lipinski definition) is 2. The molecule has 2 atom stereocenters. The third-order valence-electron chi connectivity index (χ3n) is 3.92. The summed E-state index contributed by atoms with van der Waals surface area (Å²) in [7, 11) is 0. The Bertz CT molecular complexity index is 501. The molecule has 0 heterocycles. The van der Waals surface area contributed by atoms with Crippen LogP contribution in [0.1, 0.15) is 49.8 Å². The van der Waals surface area contributed by atoms with Gasteiger partial charge in [0.25, 0.3) is 0 Å². The molecular weight excluding hydrogens is 268 g/mol. The number of fused-ring (bicyclic) bond motifs is 1. The molecule has 3 nitrogen and oxygen atoms in total. The molecule has 1 amide bonds. The molecule has 20 heavy (non-hydrogen) atoms. The van der Waals surface area contributed by atoms with Crippen LogP contribution in [-0.2, 0) is 11.2 Å². The standard InChI is InChI=1S/C16H22N2OS/c1-2-6-13(15(17)20)16(19)18-14-10-5-8-11-7-3-4-9-12(11)14/h3-4,7,9,13-14H,2,5-6,8,10H2,1H3,(H2,17,20)(H,18,19). The molecule has 0 aliphatic heterocycles. The first-order chi connectivity index (χ1) is 9.63. The summed E-state index contributed by atoms with van der Waals surface area (Å²) in [6.45, 7) is 2.04. The summed E-state index contributed by atoms with van der Waals surface area (Å²) >= 11 is 5.02. The average Bonchev–Trinajstić information content (AvgIpc) is 2.44. The Kier molecular flexibility index (Phi) is 5.12. The van der Waals surface area contributed by atoms with Crippen LogP contribution in [0.3, 0.4) is 0 Å². The largest absolute Gasteiger partial charge is 0.393 e. The van der Waals surface area contributed by atoms with E-state index < -0.39 is 0 Å². The molecule has 108 valence electrons. The van der Waals surface area contributed by atoms with E-state index in [1.54, 1.807) is 0 Å². The van der Waals surface area contributed by atoms with Gasteiger partial charge in [0.2, 0.25) is 5.91 Å². The van der Waals surface area contributed by atoms with E-state index in [-0.39, 0.29) is 17.9 Å². The molecular formula is C16H22N2OS. The Morgan fingerprint density at radius 3 is 2.95 bits per heavy atom. The molecule has 0 spiro atoms. The lowest BCUT2D eigenvalue weighted by Gasteiger charge is -2.28. The van der Waals surface area contributed by atoms with Crippen LogP contribution in [0.4, 0.5) is 0 Å². The van der Waals surface area contributed by atoms with Crippen LogP contribution in [0.15, 0.2) is 24.3 Å². The van der Waals surface area contributed by atoms with Gasteiger partial charge in [-0.3, -0.25) is 4.79 Å². The number of nitrogens with two attached hydrogens (primary N) is 1. The maximum atomic E-state index is 12.4. The molecule has 0 saturated carbocycles. The van der Waals surface area contributed by atoms with Crippen LogP contribution in [-0.4, -0.2) is 10.9 Å². The van der Waals surface area contributed by atoms with Crippen LogP contribution in [0, 0.1) is 5.92 Å². The Balaban J connectivity index is 2.10. The average molecular weight is 290 g/mol. The summed E-state index contributed by atoms with van der Waals surface area (Å²) in [4.78, 5) is 12.7. The molecule has 1 aliphatic rings. The van der Waals surface area contributed by atoms with Crippen LogP contribution < -0.4 is 11.1 Å². The molecule has 2 unspecified atom stereocenters. The summed E-state index contributed by atoms with van der Waals surface area (Å²) in [6, 6.07) is 8.43. The summed E-state index contributed by atoms with van der Waals surface area (Å²) < 4.78 is 0. The van der Waals surface area contributed by atoms with Crippen molar-refractivity contribution < 1.29 is 4.79 Å². The SMILES string of the molecule is CCCC(C(=O)NC1CCCc2ccccc21)C(N)=S. The van der Waals surface area contributed by atoms with Gasteiger partial charge in [-0.15, -0.1) is 0 Å². The molecule has 2 rings (SSSR count). The second kappa shape index (κ2) is 6.84. The number of rotatable bonds is 5. The number of carbonyl (C=O) groups is 1. The van der Waals surface area contributed by atoms with E-state index in [1.807, 2.05) is 13.0 Å². The first-order valence-electron chi connectivity index (χ1n) is 7.31. The second-order valence-corrected chi connectivity index (χ2v) is 5.87. The quantitative estimate of drug-likeness (QED) is 0.820. The van der Waals surface area contributed by atoms with Crippen molar-refractivity contribution in [2.45, 2.75) is 45.1 Å². The van der Waals surface area contributed by atoms with Crippen molar-refractivity contribution in [3.63, 3.8) is 0 Å². The zero-order valence-electron chi connectivity index (χ0n) is 11.9. The number of aryl methyl sites for hydroxylation is 1. The van der Waals surface area contributed by atoms with E-state index in [0.717, 1.165) is 32.1 Å².